The molecule has 1 aromatic carbocycles. The molecular formula is C19H20N2O4. The van der Waals surface area contributed by atoms with Crippen LogP contribution in [0.5, 0.6) is 5.75 Å². The van der Waals surface area contributed by atoms with Crippen LogP contribution >= 0.6 is 0 Å². The highest BCUT2D eigenvalue weighted by Crippen LogP contribution is 2.36. The molecule has 3 heterocycles. The van der Waals surface area contributed by atoms with Crippen molar-refractivity contribution in [3.8, 4) is 16.9 Å². The Morgan fingerprint density at radius 1 is 1.28 bits per heavy atom. The van der Waals surface area contributed by atoms with Crippen molar-refractivity contribution in [2.24, 2.45) is 5.92 Å². The Labute approximate surface area is 145 Å². The number of piperidine rings is 1. The number of aromatic nitrogens is 1. The number of carboxylic acid groups (broad SMARTS) is 1. The summed E-state index contributed by atoms with van der Waals surface area (Å²) >= 11 is 0. The fraction of sp³-hybridized carbons (Fsp3) is 0.368. The molecule has 0 amide bonds. The van der Waals surface area contributed by atoms with Gasteiger partial charge in [0.25, 0.3) is 5.56 Å². The van der Waals surface area contributed by atoms with Crippen LogP contribution in [-0.4, -0.2) is 35.8 Å². The lowest BCUT2D eigenvalue weighted by atomic mass is 9.83. The lowest BCUT2D eigenvalue weighted by Crippen LogP contribution is -2.44. The molecule has 0 unspecified atom stereocenters. The summed E-state index contributed by atoms with van der Waals surface area (Å²) in [6, 6.07) is 8.30. The number of pyridine rings is 1. The first-order valence-electron chi connectivity index (χ1n) is 8.44. The standard InChI is InChI=1S/C19H20N2O4/c1-25-17-3-2-12(19(23)24)5-15(17)13-6-16-14-4-11(8-20-9-14)10-21(16)18(22)7-13/h2-3,5-7,11,14,20H,4,8-10H2,1H3,(H,23,24)/t11-,14+/m0/s1. The van der Waals surface area contributed by atoms with E-state index >= 15 is 0 Å². The van der Waals surface area contributed by atoms with Crippen molar-refractivity contribution < 1.29 is 14.6 Å². The molecule has 0 spiro atoms. The minimum absolute atomic E-state index is 0.0353. The molecule has 0 aliphatic carbocycles. The molecule has 130 valence electrons. The first kappa shape index (κ1) is 15.9. The molecular weight excluding hydrogens is 320 g/mol. The largest absolute Gasteiger partial charge is 0.496 e. The van der Waals surface area contributed by atoms with E-state index < -0.39 is 5.97 Å². The number of nitrogens with one attached hydrogen (secondary N) is 1. The monoisotopic (exact) mass is 340 g/mol. The summed E-state index contributed by atoms with van der Waals surface area (Å²) in [5.74, 6) is 0.371. The van der Waals surface area contributed by atoms with Crippen molar-refractivity contribution in [2.75, 3.05) is 20.2 Å². The third-order valence-corrected chi connectivity index (χ3v) is 5.22. The molecule has 6 heteroatoms. The molecule has 0 saturated carbocycles. The van der Waals surface area contributed by atoms with E-state index in [2.05, 4.69) is 5.32 Å². The third kappa shape index (κ3) is 2.72. The Morgan fingerprint density at radius 3 is 2.88 bits per heavy atom. The van der Waals surface area contributed by atoms with Crippen molar-refractivity contribution >= 4 is 5.97 Å². The Balaban J connectivity index is 1.87. The summed E-state index contributed by atoms with van der Waals surface area (Å²) in [4.78, 5) is 24.0. The number of methoxy groups -OCH3 is 1. The number of hydrogen-bond donors (Lipinski definition) is 2. The molecule has 1 fully saturated rings. The normalized spacial score (nSPS) is 21.5. The Bertz CT molecular complexity index is 903. The lowest BCUT2D eigenvalue weighted by Gasteiger charge is -2.37. The van der Waals surface area contributed by atoms with Crippen molar-refractivity contribution in [1.29, 1.82) is 0 Å². The van der Waals surface area contributed by atoms with E-state index in [9.17, 15) is 14.7 Å². The Kier molecular flexibility index (Phi) is 3.84. The van der Waals surface area contributed by atoms with Gasteiger partial charge in [0.05, 0.1) is 12.7 Å². The van der Waals surface area contributed by atoms with Gasteiger partial charge in [-0.3, -0.25) is 4.79 Å². The van der Waals surface area contributed by atoms with Crippen LogP contribution in [0.2, 0.25) is 0 Å². The number of carboxylic acids is 1. The van der Waals surface area contributed by atoms with E-state index in [0.717, 1.165) is 31.7 Å². The number of hydrogen-bond acceptors (Lipinski definition) is 4. The average molecular weight is 340 g/mol. The zero-order valence-electron chi connectivity index (χ0n) is 14.0. The predicted octanol–water partition coefficient (Wildman–Crippen LogP) is 1.93. The number of nitrogens with zero attached hydrogens (tertiary/aromatic N) is 1. The van der Waals surface area contributed by atoms with Crippen LogP contribution in [0.1, 0.15) is 28.4 Å². The van der Waals surface area contributed by atoms with E-state index in [1.807, 2.05) is 10.6 Å². The second-order valence-corrected chi connectivity index (χ2v) is 6.79. The smallest absolute Gasteiger partial charge is 0.335 e. The van der Waals surface area contributed by atoms with Gasteiger partial charge in [-0.1, -0.05) is 0 Å². The highest BCUT2D eigenvalue weighted by molar-refractivity contribution is 5.90. The molecule has 2 aliphatic heterocycles. The maximum absolute atomic E-state index is 12.7. The van der Waals surface area contributed by atoms with Crippen LogP contribution in [-0.2, 0) is 6.54 Å². The highest BCUT2D eigenvalue weighted by atomic mass is 16.5. The van der Waals surface area contributed by atoms with Crippen LogP contribution in [0.25, 0.3) is 11.1 Å². The molecule has 2 aromatic rings. The van der Waals surface area contributed by atoms with Crippen LogP contribution in [0.15, 0.2) is 35.1 Å². The molecule has 1 saturated heterocycles. The number of aromatic carboxylic acids is 1. The number of rotatable bonds is 3. The van der Waals surface area contributed by atoms with Gasteiger partial charge >= 0.3 is 5.97 Å². The number of benzene rings is 1. The van der Waals surface area contributed by atoms with Gasteiger partial charge in [-0.15, -0.1) is 0 Å². The van der Waals surface area contributed by atoms with Crippen LogP contribution in [0.4, 0.5) is 0 Å². The van der Waals surface area contributed by atoms with Crippen molar-refractivity contribution in [3.05, 3.63) is 51.9 Å². The molecule has 2 atom stereocenters. The number of ether oxygens (including phenoxy) is 1. The van der Waals surface area contributed by atoms with E-state index in [-0.39, 0.29) is 11.1 Å². The van der Waals surface area contributed by atoms with Crippen LogP contribution in [0, 0.1) is 5.92 Å². The third-order valence-electron chi connectivity index (χ3n) is 5.22. The van der Waals surface area contributed by atoms with Gasteiger partial charge in [-0.2, -0.15) is 0 Å². The Morgan fingerprint density at radius 2 is 2.12 bits per heavy atom. The summed E-state index contributed by atoms with van der Waals surface area (Å²) in [6.45, 7) is 2.56. The molecule has 1 aromatic heterocycles. The molecule has 0 radical (unpaired) electrons. The zero-order valence-corrected chi connectivity index (χ0v) is 14.0. The summed E-state index contributed by atoms with van der Waals surface area (Å²) < 4.78 is 7.26. The summed E-state index contributed by atoms with van der Waals surface area (Å²) in [7, 11) is 1.54. The zero-order chi connectivity index (χ0) is 17.6. The maximum atomic E-state index is 12.7. The molecule has 2 N–H and O–H groups in total. The van der Waals surface area contributed by atoms with E-state index in [1.54, 1.807) is 25.3 Å². The highest BCUT2D eigenvalue weighted by Gasteiger charge is 2.31. The predicted molar refractivity (Wildman–Crippen MR) is 93.4 cm³/mol. The first-order valence-corrected chi connectivity index (χ1v) is 8.44. The van der Waals surface area contributed by atoms with Gasteiger partial charge in [0, 0.05) is 36.3 Å². The van der Waals surface area contributed by atoms with E-state index in [4.69, 9.17) is 4.74 Å². The van der Waals surface area contributed by atoms with Crippen molar-refractivity contribution in [1.82, 2.24) is 9.88 Å². The second kappa shape index (κ2) is 6.04. The van der Waals surface area contributed by atoms with Crippen LogP contribution < -0.4 is 15.6 Å². The van der Waals surface area contributed by atoms with Gasteiger partial charge in [0.2, 0.25) is 0 Å². The molecule has 4 rings (SSSR count). The van der Waals surface area contributed by atoms with Crippen molar-refractivity contribution in [2.45, 2.75) is 18.9 Å². The fourth-order valence-corrected chi connectivity index (χ4v) is 4.03. The minimum Gasteiger partial charge on any atom is -0.496 e. The van der Waals surface area contributed by atoms with Crippen molar-refractivity contribution in [3.63, 3.8) is 0 Å². The van der Waals surface area contributed by atoms with Gasteiger partial charge in [-0.05, 0) is 48.7 Å². The maximum Gasteiger partial charge on any atom is 0.335 e. The van der Waals surface area contributed by atoms with Crippen LogP contribution in [0.3, 0.4) is 0 Å². The average Bonchev–Trinajstić information content (AvgIpc) is 2.62. The first-order chi connectivity index (χ1) is 12.1. The fourth-order valence-electron chi connectivity index (χ4n) is 4.03. The van der Waals surface area contributed by atoms with E-state index in [0.29, 0.717) is 28.7 Å². The summed E-state index contributed by atoms with van der Waals surface area (Å²) in [6.07, 6.45) is 1.09. The van der Waals surface area contributed by atoms with Gasteiger partial charge < -0.3 is 19.7 Å². The number of carbonyl (C=O) groups is 1. The molecule has 2 bridgehead atoms. The van der Waals surface area contributed by atoms with Gasteiger partial charge in [0.1, 0.15) is 5.75 Å². The SMILES string of the molecule is COc1ccc(C(=O)O)cc1-c1cc2n(c(=O)c1)C[C@@H]1CNC[C@H]2C1. The Hall–Kier alpha value is -2.60. The van der Waals surface area contributed by atoms with Gasteiger partial charge in [-0.25, -0.2) is 4.79 Å². The van der Waals surface area contributed by atoms with Gasteiger partial charge in [0.15, 0.2) is 0 Å². The topological polar surface area (TPSA) is 80.6 Å². The van der Waals surface area contributed by atoms with E-state index in [1.165, 1.54) is 6.07 Å². The molecule has 2 aliphatic rings. The summed E-state index contributed by atoms with van der Waals surface area (Å²) in [5, 5.41) is 12.7. The molecule has 6 nitrogen and oxygen atoms in total. The molecule has 25 heavy (non-hydrogen) atoms. The quantitative estimate of drug-likeness (QED) is 0.892. The lowest BCUT2D eigenvalue weighted by molar-refractivity contribution is 0.0697. The second-order valence-electron chi connectivity index (χ2n) is 6.79. The summed E-state index contributed by atoms with van der Waals surface area (Å²) in [5.41, 5.74) is 2.50. The minimum atomic E-state index is -1.00. The number of fused-ring (bicyclic) bond motifs is 4.